The van der Waals surface area contributed by atoms with Gasteiger partial charge in [0.1, 0.15) is 26.9 Å². The Labute approximate surface area is 209 Å². The second-order valence-corrected chi connectivity index (χ2v) is 11.6. The molecule has 4 heterocycles. The van der Waals surface area contributed by atoms with E-state index in [0.717, 1.165) is 0 Å². The molecule has 1 fully saturated rings. The summed E-state index contributed by atoms with van der Waals surface area (Å²) in [6.45, 7) is 1.94. The third-order valence-electron chi connectivity index (χ3n) is 5.71. The molecule has 0 saturated carbocycles. The minimum Gasteiger partial charge on any atom is -0.478 e. The van der Waals surface area contributed by atoms with E-state index in [4.69, 9.17) is 21.1 Å². The van der Waals surface area contributed by atoms with Crippen molar-refractivity contribution < 1.29 is 35.9 Å². The van der Waals surface area contributed by atoms with Gasteiger partial charge in [0.05, 0.1) is 22.7 Å². The lowest BCUT2D eigenvalue weighted by Gasteiger charge is -2.34. The molecule has 0 atom stereocenters. The van der Waals surface area contributed by atoms with Gasteiger partial charge in [-0.1, -0.05) is 11.6 Å². The number of hydrogen-bond donors (Lipinski definition) is 1. The molecule has 0 spiro atoms. The van der Waals surface area contributed by atoms with E-state index in [0.29, 0.717) is 24.1 Å². The largest absolute Gasteiger partial charge is 0.478 e. The lowest BCUT2D eigenvalue weighted by atomic mass is 9.95. The maximum absolute atomic E-state index is 12.8. The van der Waals surface area contributed by atoms with Crippen LogP contribution in [0.25, 0.3) is 5.65 Å². The van der Waals surface area contributed by atoms with Crippen LogP contribution in [-0.2, 0) is 9.84 Å². The number of halogens is 4. The highest BCUT2D eigenvalue weighted by molar-refractivity contribution is 7.91. The number of amides is 1. The Hall–Kier alpha value is -3.06. The Morgan fingerprint density at radius 2 is 1.92 bits per heavy atom. The molecule has 1 aliphatic heterocycles. The minimum atomic E-state index is -4.56. The second-order valence-electron chi connectivity index (χ2n) is 8.84. The summed E-state index contributed by atoms with van der Waals surface area (Å²) >= 11 is 5.85. The number of alkyl halides is 3. The maximum Gasteiger partial charge on any atom is 0.422 e. The van der Waals surface area contributed by atoms with Crippen molar-refractivity contribution >= 4 is 33.0 Å². The summed E-state index contributed by atoms with van der Waals surface area (Å²) in [5.74, 6) is -0.715. The molecule has 0 unspecified atom stereocenters. The number of aromatic nitrogens is 3. The van der Waals surface area contributed by atoms with Crippen LogP contribution in [0, 0.1) is 6.92 Å². The Balaban J connectivity index is 1.55. The van der Waals surface area contributed by atoms with Crippen LogP contribution >= 0.6 is 11.6 Å². The quantitative estimate of drug-likeness (QED) is 0.495. The highest BCUT2D eigenvalue weighted by Gasteiger charge is 2.35. The van der Waals surface area contributed by atoms with E-state index >= 15 is 0 Å². The van der Waals surface area contributed by atoms with Gasteiger partial charge in [-0.05, 0) is 38.3 Å². The molecule has 36 heavy (non-hydrogen) atoms. The highest BCUT2D eigenvalue weighted by Crippen LogP contribution is 2.34. The fourth-order valence-electron chi connectivity index (χ4n) is 3.63. The van der Waals surface area contributed by atoms with Crippen molar-refractivity contribution in [3.05, 3.63) is 47.0 Å². The van der Waals surface area contributed by atoms with Gasteiger partial charge < -0.3 is 19.2 Å². The van der Waals surface area contributed by atoms with Gasteiger partial charge in [0.25, 0.3) is 11.8 Å². The second kappa shape index (κ2) is 9.43. The maximum atomic E-state index is 12.8. The first kappa shape index (κ1) is 26.0. The molecule has 0 aromatic carbocycles. The molecular weight excluding hydrogens is 525 g/mol. The van der Waals surface area contributed by atoms with Crippen LogP contribution in [-0.4, -0.2) is 58.5 Å². The molecule has 1 amide bonds. The Bertz CT molecular complexity index is 1410. The SMILES string of the molecule is Cc1cc2nc(C(=O)NC3(C)CCS(=O)(=O)CC3)cn2cc1Oc1ncc(Cl)cc1OCC(F)(F)F. The zero-order chi connectivity index (χ0) is 26.3. The third kappa shape index (κ3) is 6.19. The van der Waals surface area contributed by atoms with Crippen molar-refractivity contribution in [2.75, 3.05) is 18.1 Å². The third-order valence-corrected chi connectivity index (χ3v) is 7.57. The molecule has 0 aliphatic carbocycles. The molecule has 1 saturated heterocycles. The van der Waals surface area contributed by atoms with Crippen molar-refractivity contribution in [1.29, 1.82) is 0 Å². The van der Waals surface area contributed by atoms with E-state index < -0.39 is 34.1 Å². The summed E-state index contributed by atoms with van der Waals surface area (Å²) in [7, 11) is -3.09. The number of fused-ring (bicyclic) bond motifs is 1. The number of nitrogens with zero attached hydrogens (tertiary/aromatic N) is 3. The number of sulfone groups is 1. The van der Waals surface area contributed by atoms with Crippen LogP contribution in [0.3, 0.4) is 0 Å². The number of rotatable bonds is 6. The number of carbonyl (C=O) groups excluding carboxylic acids is 1. The van der Waals surface area contributed by atoms with Crippen LogP contribution in [0.15, 0.2) is 30.7 Å². The van der Waals surface area contributed by atoms with Crippen molar-refractivity contribution in [1.82, 2.24) is 19.7 Å². The van der Waals surface area contributed by atoms with E-state index in [9.17, 15) is 26.4 Å². The van der Waals surface area contributed by atoms with E-state index in [1.165, 1.54) is 29.1 Å². The number of hydrogen-bond acceptors (Lipinski definition) is 7. The zero-order valence-corrected chi connectivity index (χ0v) is 20.8. The lowest BCUT2D eigenvalue weighted by molar-refractivity contribution is -0.153. The molecule has 1 aliphatic rings. The summed E-state index contributed by atoms with van der Waals surface area (Å²) in [6.07, 6.45) is 0.229. The molecule has 9 nitrogen and oxygen atoms in total. The number of carbonyl (C=O) groups is 1. The first-order valence-electron chi connectivity index (χ1n) is 10.8. The Morgan fingerprint density at radius 1 is 1.22 bits per heavy atom. The van der Waals surface area contributed by atoms with Crippen molar-refractivity contribution in [2.24, 2.45) is 0 Å². The van der Waals surface area contributed by atoms with Crippen molar-refractivity contribution in [2.45, 2.75) is 38.4 Å². The van der Waals surface area contributed by atoms with E-state index in [-0.39, 0.29) is 39.6 Å². The molecule has 14 heteroatoms. The van der Waals surface area contributed by atoms with Crippen LogP contribution in [0.2, 0.25) is 5.02 Å². The summed E-state index contributed by atoms with van der Waals surface area (Å²) in [5, 5.41) is 2.95. The summed E-state index contributed by atoms with van der Waals surface area (Å²) in [6, 6.07) is 2.80. The molecule has 0 bridgehead atoms. The van der Waals surface area contributed by atoms with Gasteiger partial charge in [-0.2, -0.15) is 13.2 Å². The summed E-state index contributed by atoms with van der Waals surface area (Å²) in [5.41, 5.74) is 0.442. The molecule has 194 valence electrons. The fourth-order valence-corrected chi connectivity index (χ4v) is 5.51. The number of imidazole rings is 1. The van der Waals surface area contributed by atoms with Crippen LogP contribution in [0.5, 0.6) is 17.4 Å². The molecule has 4 rings (SSSR count). The molecule has 0 radical (unpaired) electrons. The van der Waals surface area contributed by atoms with Crippen LogP contribution < -0.4 is 14.8 Å². The summed E-state index contributed by atoms with van der Waals surface area (Å²) < 4.78 is 73.4. The topological polar surface area (TPSA) is 112 Å². The monoisotopic (exact) mass is 546 g/mol. The first-order chi connectivity index (χ1) is 16.7. The average Bonchev–Trinajstić information content (AvgIpc) is 3.19. The number of nitrogens with one attached hydrogen (secondary N) is 1. The molecule has 1 N–H and O–H groups in total. The van der Waals surface area contributed by atoms with Gasteiger partial charge >= 0.3 is 6.18 Å². The normalized spacial score (nSPS) is 17.1. The Kier molecular flexibility index (Phi) is 6.82. The van der Waals surface area contributed by atoms with Gasteiger partial charge in [-0.25, -0.2) is 18.4 Å². The van der Waals surface area contributed by atoms with Gasteiger partial charge in [0.15, 0.2) is 12.4 Å². The number of ether oxygens (including phenoxy) is 2. The van der Waals surface area contributed by atoms with Gasteiger partial charge in [-0.3, -0.25) is 4.79 Å². The van der Waals surface area contributed by atoms with Gasteiger partial charge in [0.2, 0.25) is 0 Å². The van der Waals surface area contributed by atoms with Gasteiger partial charge in [0, 0.05) is 24.0 Å². The van der Waals surface area contributed by atoms with Crippen molar-refractivity contribution in [3.8, 4) is 17.4 Å². The van der Waals surface area contributed by atoms with Crippen LogP contribution in [0.4, 0.5) is 13.2 Å². The standard InChI is InChI=1S/C22H22ClF3N4O5S/c1-13-7-18-28-15(19(31)29-21(2)3-5-36(32,33)6-4-21)10-30(18)11-17(13)35-20-16(8-14(23)9-27-20)34-12-22(24,25)26/h7-11H,3-6,12H2,1-2H3,(H,29,31). The Morgan fingerprint density at radius 3 is 2.58 bits per heavy atom. The lowest BCUT2D eigenvalue weighted by Crippen LogP contribution is -2.51. The number of aryl methyl sites for hydroxylation is 1. The summed E-state index contributed by atoms with van der Waals surface area (Å²) in [4.78, 5) is 21.1. The molecule has 3 aromatic rings. The zero-order valence-electron chi connectivity index (χ0n) is 19.2. The van der Waals surface area contributed by atoms with Crippen molar-refractivity contribution in [3.63, 3.8) is 0 Å². The smallest absolute Gasteiger partial charge is 0.422 e. The minimum absolute atomic E-state index is 0.00223. The van der Waals surface area contributed by atoms with Gasteiger partial charge in [-0.15, -0.1) is 0 Å². The molecular formula is C22H22ClF3N4O5S. The molecule has 3 aromatic heterocycles. The van der Waals surface area contributed by atoms with E-state index in [1.807, 2.05) is 0 Å². The number of pyridine rings is 2. The first-order valence-corrected chi connectivity index (χ1v) is 13.0. The highest BCUT2D eigenvalue weighted by atomic mass is 35.5. The fraction of sp³-hybridized carbons (Fsp3) is 0.409. The predicted octanol–water partition coefficient (Wildman–Crippen LogP) is 4.12. The average molecular weight is 547 g/mol. The predicted molar refractivity (Wildman–Crippen MR) is 125 cm³/mol. The van der Waals surface area contributed by atoms with E-state index in [1.54, 1.807) is 19.9 Å². The van der Waals surface area contributed by atoms with Crippen LogP contribution in [0.1, 0.15) is 35.8 Å². The van der Waals surface area contributed by atoms with E-state index in [2.05, 4.69) is 15.3 Å².